The zero-order chi connectivity index (χ0) is 19.3. The monoisotopic (exact) mass is 372 g/mol. The second kappa shape index (κ2) is 12.1. The first-order valence-electron chi connectivity index (χ1n) is 9.28. The van der Waals surface area contributed by atoms with Gasteiger partial charge in [0.2, 0.25) is 0 Å². The molecular formula is C22H28O5. The van der Waals surface area contributed by atoms with E-state index in [1.165, 1.54) is 12.7 Å². The molecule has 0 fully saturated rings. The van der Waals surface area contributed by atoms with Gasteiger partial charge in [-0.25, -0.2) is 4.79 Å². The molecule has 2 aromatic carbocycles. The molecule has 0 aromatic heterocycles. The van der Waals surface area contributed by atoms with Gasteiger partial charge in [-0.2, -0.15) is 0 Å². The van der Waals surface area contributed by atoms with E-state index in [-0.39, 0.29) is 0 Å². The predicted molar refractivity (Wildman–Crippen MR) is 104 cm³/mol. The average molecular weight is 372 g/mol. The summed E-state index contributed by atoms with van der Waals surface area (Å²) in [4.78, 5) is 11.0. The Morgan fingerprint density at radius 2 is 1.63 bits per heavy atom. The van der Waals surface area contributed by atoms with Gasteiger partial charge in [-0.3, -0.25) is 0 Å². The van der Waals surface area contributed by atoms with Crippen LogP contribution in [0.3, 0.4) is 0 Å². The standard InChI is InChI=1S/C22H28O5/c1-25-21(22(23)24)16-18-10-12-20(13-11-18)27-15-7-3-6-14-26-17-19-8-4-2-5-9-19/h2,4-5,8-13,21H,3,6-7,14-17H2,1H3,(H,23,24)/t21-/m0/s1. The highest BCUT2D eigenvalue weighted by atomic mass is 16.5. The summed E-state index contributed by atoms with van der Waals surface area (Å²) in [5, 5.41) is 9.01. The number of hydrogen-bond donors (Lipinski definition) is 1. The number of methoxy groups -OCH3 is 1. The third-order valence-electron chi connectivity index (χ3n) is 4.22. The van der Waals surface area contributed by atoms with Gasteiger partial charge in [0.1, 0.15) is 5.75 Å². The number of unbranched alkanes of at least 4 members (excludes halogenated alkanes) is 2. The van der Waals surface area contributed by atoms with Gasteiger partial charge in [-0.15, -0.1) is 0 Å². The van der Waals surface area contributed by atoms with Gasteiger partial charge in [0.15, 0.2) is 6.10 Å². The molecule has 0 amide bonds. The van der Waals surface area contributed by atoms with Gasteiger partial charge < -0.3 is 19.3 Å². The maximum Gasteiger partial charge on any atom is 0.333 e. The number of carboxylic acid groups (broad SMARTS) is 1. The van der Waals surface area contributed by atoms with E-state index in [4.69, 9.17) is 19.3 Å². The van der Waals surface area contributed by atoms with Gasteiger partial charge in [0.05, 0.1) is 13.2 Å². The lowest BCUT2D eigenvalue weighted by atomic mass is 10.1. The van der Waals surface area contributed by atoms with Crippen molar-refractivity contribution in [1.29, 1.82) is 0 Å². The molecule has 5 nitrogen and oxygen atoms in total. The van der Waals surface area contributed by atoms with E-state index in [9.17, 15) is 4.79 Å². The SMILES string of the molecule is CO[C@@H](Cc1ccc(OCCCCCOCc2ccccc2)cc1)C(=O)O. The fraction of sp³-hybridized carbons (Fsp3) is 0.409. The second-order valence-corrected chi connectivity index (χ2v) is 6.36. The highest BCUT2D eigenvalue weighted by molar-refractivity contribution is 5.72. The van der Waals surface area contributed by atoms with Crippen molar-refractivity contribution in [3.8, 4) is 5.75 Å². The van der Waals surface area contributed by atoms with Gasteiger partial charge in [-0.05, 0) is 42.5 Å². The maximum absolute atomic E-state index is 11.0. The van der Waals surface area contributed by atoms with Crippen molar-refractivity contribution in [3.63, 3.8) is 0 Å². The molecule has 0 heterocycles. The lowest BCUT2D eigenvalue weighted by Gasteiger charge is -2.11. The van der Waals surface area contributed by atoms with Crippen LogP contribution in [0.2, 0.25) is 0 Å². The van der Waals surface area contributed by atoms with Gasteiger partial charge >= 0.3 is 5.97 Å². The van der Waals surface area contributed by atoms with E-state index in [2.05, 4.69) is 12.1 Å². The Balaban J connectivity index is 1.54. The first-order chi connectivity index (χ1) is 13.2. The third-order valence-corrected chi connectivity index (χ3v) is 4.22. The maximum atomic E-state index is 11.0. The topological polar surface area (TPSA) is 65.0 Å². The molecule has 0 radical (unpaired) electrons. The lowest BCUT2D eigenvalue weighted by molar-refractivity contribution is -0.148. The smallest absolute Gasteiger partial charge is 0.333 e. The Bertz CT molecular complexity index is 654. The van der Waals surface area contributed by atoms with Crippen LogP contribution in [0, 0.1) is 0 Å². The molecule has 0 bridgehead atoms. The van der Waals surface area contributed by atoms with Gasteiger partial charge in [0.25, 0.3) is 0 Å². The number of ether oxygens (including phenoxy) is 3. The predicted octanol–water partition coefficient (Wildman–Crippen LogP) is 4.09. The average Bonchev–Trinajstić information content (AvgIpc) is 2.69. The minimum absolute atomic E-state index is 0.342. The molecule has 0 saturated carbocycles. The van der Waals surface area contributed by atoms with Crippen molar-refractivity contribution in [3.05, 3.63) is 65.7 Å². The summed E-state index contributed by atoms with van der Waals surface area (Å²) in [6.45, 7) is 2.08. The van der Waals surface area contributed by atoms with E-state index in [0.29, 0.717) is 19.6 Å². The van der Waals surface area contributed by atoms with Crippen molar-refractivity contribution in [1.82, 2.24) is 0 Å². The summed E-state index contributed by atoms with van der Waals surface area (Å²) in [5.74, 6) is -0.158. The summed E-state index contributed by atoms with van der Waals surface area (Å²) < 4.78 is 16.3. The van der Waals surface area contributed by atoms with Crippen molar-refractivity contribution >= 4 is 5.97 Å². The fourth-order valence-corrected chi connectivity index (χ4v) is 2.64. The molecule has 1 atom stereocenters. The first kappa shape index (κ1) is 20.9. The van der Waals surface area contributed by atoms with E-state index in [1.54, 1.807) is 0 Å². The molecule has 0 aliphatic heterocycles. The third kappa shape index (κ3) is 8.24. The van der Waals surface area contributed by atoms with E-state index < -0.39 is 12.1 Å². The van der Waals surface area contributed by atoms with Crippen LogP contribution in [0.5, 0.6) is 5.75 Å². The normalized spacial score (nSPS) is 11.9. The second-order valence-electron chi connectivity index (χ2n) is 6.36. The van der Waals surface area contributed by atoms with E-state index >= 15 is 0 Å². The van der Waals surface area contributed by atoms with Crippen LogP contribution in [-0.2, 0) is 27.3 Å². The molecule has 0 aliphatic rings. The van der Waals surface area contributed by atoms with Crippen LogP contribution < -0.4 is 4.74 Å². The van der Waals surface area contributed by atoms with E-state index in [1.807, 2.05) is 42.5 Å². The summed E-state index contributed by atoms with van der Waals surface area (Å²) >= 11 is 0. The molecule has 2 rings (SSSR count). The molecule has 1 N–H and O–H groups in total. The number of carbonyl (C=O) groups is 1. The van der Waals surface area contributed by atoms with Crippen LogP contribution in [-0.4, -0.2) is 37.5 Å². The highest BCUT2D eigenvalue weighted by Gasteiger charge is 2.16. The molecule has 27 heavy (non-hydrogen) atoms. The van der Waals surface area contributed by atoms with Crippen molar-refractivity contribution in [2.45, 2.75) is 38.4 Å². The lowest BCUT2D eigenvalue weighted by Crippen LogP contribution is -2.24. The highest BCUT2D eigenvalue weighted by Crippen LogP contribution is 2.15. The molecule has 0 aliphatic carbocycles. The molecule has 0 unspecified atom stereocenters. The molecular weight excluding hydrogens is 344 g/mol. The molecule has 0 saturated heterocycles. The first-order valence-corrected chi connectivity index (χ1v) is 9.28. The van der Waals surface area contributed by atoms with Crippen LogP contribution in [0.15, 0.2) is 54.6 Å². The minimum Gasteiger partial charge on any atom is -0.494 e. The number of rotatable bonds is 13. The van der Waals surface area contributed by atoms with Crippen molar-refractivity contribution in [2.24, 2.45) is 0 Å². The minimum atomic E-state index is -0.953. The molecule has 2 aromatic rings. The summed E-state index contributed by atoms with van der Waals surface area (Å²) in [6, 6.07) is 17.7. The molecule has 0 spiro atoms. The summed E-state index contributed by atoms with van der Waals surface area (Å²) in [5.41, 5.74) is 2.11. The van der Waals surface area contributed by atoms with Crippen molar-refractivity contribution < 1.29 is 24.1 Å². The van der Waals surface area contributed by atoms with Crippen LogP contribution in [0.4, 0.5) is 0 Å². The van der Waals surface area contributed by atoms with Crippen LogP contribution >= 0.6 is 0 Å². The van der Waals surface area contributed by atoms with Gasteiger partial charge in [-0.1, -0.05) is 42.5 Å². The zero-order valence-corrected chi connectivity index (χ0v) is 15.8. The number of hydrogen-bond acceptors (Lipinski definition) is 4. The molecule has 146 valence electrons. The van der Waals surface area contributed by atoms with Crippen LogP contribution in [0.1, 0.15) is 30.4 Å². The Hall–Kier alpha value is -2.37. The Morgan fingerprint density at radius 3 is 2.30 bits per heavy atom. The number of carboxylic acids is 1. The van der Waals surface area contributed by atoms with Crippen molar-refractivity contribution in [2.75, 3.05) is 20.3 Å². The largest absolute Gasteiger partial charge is 0.494 e. The number of benzene rings is 2. The van der Waals surface area contributed by atoms with Gasteiger partial charge in [0, 0.05) is 20.1 Å². The Morgan fingerprint density at radius 1 is 0.926 bits per heavy atom. The molecule has 5 heteroatoms. The van der Waals surface area contributed by atoms with Crippen LogP contribution in [0.25, 0.3) is 0 Å². The fourth-order valence-electron chi connectivity index (χ4n) is 2.64. The zero-order valence-electron chi connectivity index (χ0n) is 15.8. The summed E-state index contributed by atoms with van der Waals surface area (Å²) in [6.07, 6.45) is 2.57. The van der Waals surface area contributed by atoms with E-state index in [0.717, 1.165) is 37.2 Å². The number of aliphatic carboxylic acids is 1. The quantitative estimate of drug-likeness (QED) is 0.537. The Kier molecular flexibility index (Phi) is 9.38. The summed E-state index contributed by atoms with van der Waals surface area (Å²) in [7, 11) is 1.41. The Labute approximate surface area is 160 Å².